The third-order valence-electron chi connectivity index (χ3n) is 3.42. The highest BCUT2D eigenvalue weighted by atomic mass is 16.4. The van der Waals surface area contributed by atoms with Gasteiger partial charge in [-0.05, 0) is 26.2 Å². The molecule has 3 N–H and O–H groups in total. The number of carboxylic acid groups (broad SMARTS) is 1. The van der Waals surface area contributed by atoms with Crippen molar-refractivity contribution in [2.75, 3.05) is 13.7 Å². The van der Waals surface area contributed by atoms with Crippen LogP contribution >= 0.6 is 0 Å². The molecule has 0 aromatic rings. The zero-order valence-corrected chi connectivity index (χ0v) is 10.3. The van der Waals surface area contributed by atoms with Crippen LogP contribution in [-0.2, 0) is 4.79 Å². The minimum Gasteiger partial charge on any atom is -0.481 e. The Kier molecular flexibility index (Phi) is 4.34. The maximum atomic E-state index is 11.8. The summed E-state index contributed by atoms with van der Waals surface area (Å²) in [5.41, 5.74) is -0.591. The number of rotatable bonds is 5. The number of hydrogen-bond donors (Lipinski definition) is 3. The number of nitrogens with one attached hydrogen (secondary N) is 1. The van der Waals surface area contributed by atoms with Crippen molar-refractivity contribution < 1.29 is 19.8 Å². The molecule has 6 nitrogen and oxygen atoms in total. The fourth-order valence-corrected chi connectivity index (χ4v) is 1.88. The van der Waals surface area contributed by atoms with Gasteiger partial charge in [0.2, 0.25) is 0 Å². The Bertz CT molecular complexity index is 302. The summed E-state index contributed by atoms with van der Waals surface area (Å²) >= 11 is 0. The SMILES string of the molecule is CC(CO)N(C)C(=O)NC1(CC(=O)O)CCC1. The first-order valence-electron chi connectivity index (χ1n) is 5.78. The van der Waals surface area contributed by atoms with Gasteiger partial charge in [0, 0.05) is 7.05 Å². The third kappa shape index (κ3) is 3.33. The lowest BCUT2D eigenvalue weighted by Gasteiger charge is -2.42. The van der Waals surface area contributed by atoms with Gasteiger partial charge < -0.3 is 20.4 Å². The number of aliphatic carboxylic acids is 1. The second kappa shape index (κ2) is 5.35. The van der Waals surface area contributed by atoms with Crippen molar-refractivity contribution in [1.82, 2.24) is 10.2 Å². The Labute approximate surface area is 101 Å². The number of aliphatic hydroxyl groups is 1. The van der Waals surface area contributed by atoms with Crippen LogP contribution in [0.5, 0.6) is 0 Å². The number of carbonyl (C=O) groups is 2. The van der Waals surface area contributed by atoms with Crippen LogP contribution in [-0.4, -0.2) is 52.3 Å². The molecule has 17 heavy (non-hydrogen) atoms. The van der Waals surface area contributed by atoms with Gasteiger partial charge in [0.25, 0.3) is 0 Å². The second-order valence-corrected chi connectivity index (χ2v) is 4.78. The van der Waals surface area contributed by atoms with E-state index >= 15 is 0 Å². The number of amides is 2. The predicted octanol–water partition coefficient (Wildman–Crippen LogP) is 0.406. The van der Waals surface area contributed by atoms with Crippen LogP contribution in [0.25, 0.3) is 0 Å². The summed E-state index contributed by atoms with van der Waals surface area (Å²) in [7, 11) is 1.59. The quantitative estimate of drug-likeness (QED) is 0.653. The van der Waals surface area contributed by atoms with Gasteiger partial charge in [0.15, 0.2) is 0 Å². The Morgan fingerprint density at radius 3 is 2.41 bits per heavy atom. The molecule has 1 rings (SSSR count). The van der Waals surface area contributed by atoms with E-state index in [-0.39, 0.29) is 25.1 Å². The number of urea groups is 1. The fraction of sp³-hybridized carbons (Fsp3) is 0.818. The van der Waals surface area contributed by atoms with Gasteiger partial charge in [-0.25, -0.2) is 4.79 Å². The smallest absolute Gasteiger partial charge is 0.317 e. The maximum absolute atomic E-state index is 11.8. The number of nitrogens with zero attached hydrogens (tertiary/aromatic N) is 1. The molecule has 1 aliphatic carbocycles. The molecule has 2 amide bonds. The van der Waals surface area contributed by atoms with E-state index in [0.29, 0.717) is 12.8 Å². The summed E-state index contributed by atoms with van der Waals surface area (Å²) in [6.45, 7) is 1.61. The first-order chi connectivity index (χ1) is 7.90. The number of carbonyl (C=O) groups excluding carboxylic acids is 1. The van der Waals surface area contributed by atoms with Crippen molar-refractivity contribution in [2.45, 2.75) is 44.2 Å². The monoisotopic (exact) mass is 244 g/mol. The second-order valence-electron chi connectivity index (χ2n) is 4.78. The highest BCUT2D eigenvalue weighted by Crippen LogP contribution is 2.35. The van der Waals surface area contributed by atoms with Crippen molar-refractivity contribution in [2.24, 2.45) is 0 Å². The van der Waals surface area contributed by atoms with Gasteiger partial charge in [-0.2, -0.15) is 0 Å². The van der Waals surface area contributed by atoms with Gasteiger partial charge in [-0.15, -0.1) is 0 Å². The number of likely N-dealkylation sites (N-methyl/N-ethyl adjacent to an activating group) is 1. The molecule has 1 unspecified atom stereocenters. The largest absolute Gasteiger partial charge is 0.481 e. The lowest BCUT2D eigenvalue weighted by Crippen LogP contribution is -2.58. The molecular weight excluding hydrogens is 224 g/mol. The minimum atomic E-state index is -0.900. The van der Waals surface area contributed by atoms with Crippen molar-refractivity contribution in [1.29, 1.82) is 0 Å². The third-order valence-corrected chi connectivity index (χ3v) is 3.42. The van der Waals surface area contributed by atoms with Gasteiger partial charge in [-0.3, -0.25) is 4.79 Å². The molecule has 98 valence electrons. The van der Waals surface area contributed by atoms with E-state index in [2.05, 4.69) is 5.32 Å². The molecule has 1 saturated carbocycles. The fourth-order valence-electron chi connectivity index (χ4n) is 1.88. The van der Waals surface area contributed by atoms with Crippen molar-refractivity contribution in [3.63, 3.8) is 0 Å². The highest BCUT2D eigenvalue weighted by Gasteiger charge is 2.41. The Hall–Kier alpha value is -1.30. The predicted molar refractivity (Wildman–Crippen MR) is 61.7 cm³/mol. The number of aliphatic hydroxyl groups excluding tert-OH is 1. The van der Waals surface area contributed by atoms with Crippen LogP contribution in [0.15, 0.2) is 0 Å². The summed E-state index contributed by atoms with van der Waals surface area (Å²) in [5, 5.41) is 20.5. The standard InChI is InChI=1S/C11H20N2O4/c1-8(7-14)13(2)10(17)12-11(4-3-5-11)6-9(15)16/h8,14H,3-7H2,1-2H3,(H,12,17)(H,15,16). The summed E-state index contributed by atoms with van der Waals surface area (Å²) < 4.78 is 0. The van der Waals surface area contributed by atoms with Gasteiger partial charge in [0.1, 0.15) is 0 Å². The molecule has 0 spiro atoms. The molecule has 0 radical (unpaired) electrons. The van der Waals surface area contributed by atoms with E-state index in [1.165, 1.54) is 4.90 Å². The molecule has 0 aromatic carbocycles. The average Bonchev–Trinajstić information content (AvgIpc) is 2.23. The number of carboxylic acids is 1. The molecule has 0 saturated heterocycles. The van der Waals surface area contributed by atoms with E-state index < -0.39 is 11.5 Å². The molecule has 0 heterocycles. The van der Waals surface area contributed by atoms with E-state index in [1.54, 1.807) is 14.0 Å². The molecular formula is C11H20N2O4. The Morgan fingerprint density at radius 2 is 2.06 bits per heavy atom. The van der Waals surface area contributed by atoms with Crippen molar-refractivity contribution in [3.05, 3.63) is 0 Å². The average molecular weight is 244 g/mol. The van der Waals surface area contributed by atoms with Crippen LogP contribution in [0.4, 0.5) is 4.79 Å². The highest BCUT2D eigenvalue weighted by molar-refractivity contribution is 5.77. The van der Waals surface area contributed by atoms with Gasteiger partial charge in [-0.1, -0.05) is 0 Å². The van der Waals surface area contributed by atoms with Crippen LogP contribution in [0.2, 0.25) is 0 Å². The zero-order chi connectivity index (χ0) is 13.1. The normalized spacial score (nSPS) is 19.0. The molecule has 6 heteroatoms. The lowest BCUT2D eigenvalue weighted by atomic mass is 9.74. The molecule has 1 atom stereocenters. The summed E-state index contributed by atoms with van der Waals surface area (Å²) in [6.07, 6.45) is 2.30. The Balaban J connectivity index is 2.56. The lowest BCUT2D eigenvalue weighted by molar-refractivity contribution is -0.139. The summed E-state index contributed by atoms with van der Waals surface area (Å²) in [4.78, 5) is 24.0. The van der Waals surface area contributed by atoms with E-state index in [0.717, 1.165) is 6.42 Å². The first kappa shape index (κ1) is 13.8. The van der Waals surface area contributed by atoms with Gasteiger partial charge in [0.05, 0.1) is 24.6 Å². The van der Waals surface area contributed by atoms with E-state index in [9.17, 15) is 9.59 Å². The Morgan fingerprint density at radius 1 is 1.47 bits per heavy atom. The van der Waals surface area contributed by atoms with Crippen molar-refractivity contribution >= 4 is 12.0 Å². The van der Waals surface area contributed by atoms with Crippen molar-refractivity contribution in [3.8, 4) is 0 Å². The molecule has 1 fully saturated rings. The molecule has 0 aliphatic heterocycles. The van der Waals surface area contributed by atoms with E-state index in [4.69, 9.17) is 10.2 Å². The zero-order valence-electron chi connectivity index (χ0n) is 10.3. The summed E-state index contributed by atoms with van der Waals surface area (Å²) in [5.74, 6) is -0.900. The number of hydrogen-bond acceptors (Lipinski definition) is 3. The summed E-state index contributed by atoms with van der Waals surface area (Å²) in [6, 6.07) is -0.607. The minimum absolute atomic E-state index is 0.0416. The molecule has 1 aliphatic rings. The molecule has 0 aromatic heterocycles. The first-order valence-corrected chi connectivity index (χ1v) is 5.78. The topological polar surface area (TPSA) is 89.9 Å². The van der Waals surface area contributed by atoms with Crippen LogP contribution in [0, 0.1) is 0 Å². The van der Waals surface area contributed by atoms with E-state index in [1.807, 2.05) is 0 Å². The van der Waals surface area contributed by atoms with Gasteiger partial charge >= 0.3 is 12.0 Å². The maximum Gasteiger partial charge on any atom is 0.317 e. The molecule has 0 bridgehead atoms. The van der Waals surface area contributed by atoms with Crippen LogP contribution in [0.1, 0.15) is 32.6 Å². The van der Waals surface area contributed by atoms with Crippen LogP contribution < -0.4 is 5.32 Å². The van der Waals surface area contributed by atoms with Crippen LogP contribution in [0.3, 0.4) is 0 Å².